The third kappa shape index (κ3) is 3.00. The molecule has 1 aromatic carbocycles. The normalized spacial score (nSPS) is 11.7. The van der Waals surface area contributed by atoms with E-state index in [0.717, 1.165) is 10.6 Å². The Kier molecular flexibility index (Phi) is 4.29. The summed E-state index contributed by atoms with van der Waals surface area (Å²) in [5, 5.41) is 12.8. The van der Waals surface area contributed by atoms with Gasteiger partial charge in [-0.05, 0) is 30.3 Å². The Labute approximate surface area is 148 Å². The van der Waals surface area contributed by atoms with Crippen molar-refractivity contribution in [1.29, 1.82) is 0 Å². The van der Waals surface area contributed by atoms with E-state index < -0.39 is 17.4 Å². The van der Waals surface area contributed by atoms with E-state index >= 15 is 0 Å². The highest BCUT2D eigenvalue weighted by atomic mass is 35.5. The van der Waals surface area contributed by atoms with Crippen LogP contribution in [-0.2, 0) is 10.7 Å². The summed E-state index contributed by atoms with van der Waals surface area (Å²) in [7, 11) is 0. The van der Waals surface area contributed by atoms with Gasteiger partial charge >= 0.3 is 11.8 Å². The molecule has 0 fully saturated rings. The second-order valence-corrected chi connectivity index (χ2v) is 5.83. The van der Waals surface area contributed by atoms with Crippen molar-refractivity contribution in [2.75, 3.05) is 5.32 Å². The second-order valence-electron chi connectivity index (χ2n) is 4.60. The van der Waals surface area contributed by atoms with E-state index in [9.17, 15) is 13.6 Å². The molecule has 2 aromatic heterocycles. The first-order valence-electron chi connectivity index (χ1n) is 6.32. The molecule has 0 radical (unpaired) electrons. The minimum Gasteiger partial charge on any atom is -0.288 e. The van der Waals surface area contributed by atoms with E-state index in [-0.39, 0.29) is 26.8 Å². The smallest absolute Gasteiger partial charge is 0.288 e. The molecule has 1 N–H and O–H groups in total. The maximum absolute atomic E-state index is 14.4. The van der Waals surface area contributed by atoms with Gasteiger partial charge in [-0.2, -0.15) is 18.4 Å². The highest BCUT2D eigenvalue weighted by Crippen LogP contribution is 2.36. The van der Waals surface area contributed by atoms with Gasteiger partial charge in [0.05, 0.1) is 10.6 Å². The fourth-order valence-electron chi connectivity index (χ4n) is 1.88. The summed E-state index contributed by atoms with van der Waals surface area (Å²) >= 11 is 17.2. The first-order valence-corrected chi connectivity index (χ1v) is 7.45. The minimum absolute atomic E-state index is 0.0169. The molecule has 0 saturated heterocycles. The second kappa shape index (κ2) is 6.12. The van der Waals surface area contributed by atoms with E-state index in [1.807, 2.05) is 5.32 Å². The maximum Gasteiger partial charge on any atom is 0.351 e. The van der Waals surface area contributed by atoms with Crippen LogP contribution in [0.3, 0.4) is 0 Å². The molecule has 0 bridgehead atoms. The highest BCUT2D eigenvalue weighted by Gasteiger charge is 2.43. The van der Waals surface area contributed by atoms with Crippen LogP contribution in [-0.4, -0.2) is 25.7 Å². The van der Waals surface area contributed by atoms with Crippen molar-refractivity contribution in [2.45, 2.75) is 5.92 Å². The van der Waals surface area contributed by atoms with Gasteiger partial charge in [-0.15, -0.1) is 10.2 Å². The lowest BCUT2D eigenvalue weighted by Gasteiger charge is -2.17. The first-order chi connectivity index (χ1) is 11.3. The molecule has 0 aliphatic rings. The minimum atomic E-state index is -3.95. The Morgan fingerprint density at radius 2 is 1.88 bits per heavy atom. The maximum atomic E-state index is 14.4. The summed E-state index contributed by atoms with van der Waals surface area (Å²) in [6.45, 7) is 0. The number of amides is 1. The molecular formula is C13H6Cl3F2N5O. The highest BCUT2D eigenvalue weighted by molar-refractivity contribution is 6.34. The Hall–Kier alpha value is -2.03. The molecule has 0 atom stereocenters. The van der Waals surface area contributed by atoms with Crippen LogP contribution < -0.4 is 5.32 Å². The Balaban J connectivity index is 1.95. The predicted octanol–water partition coefficient (Wildman–Crippen LogP) is 3.82. The number of anilines is 1. The van der Waals surface area contributed by atoms with Crippen molar-refractivity contribution in [1.82, 2.24) is 19.8 Å². The topological polar surface area (TPSA) is 72.2 Å². The zero-order valence-corrected chi connectivity index (χ0v) is 13.7. The average Bonchev–Trinajstić information content (AvgIpc) is 2.91. The number of carbonyl (C=O) groups excluding carboxylic acids is 1. The molecule has 2 heterocycles. The van der Waals surface area contributed by atoms with E-state index in [1.165, 1.54) is 24.3 Å². The fourth-order valence-corrected chi connectivity index (χ4v) is 2.43. The SMILES string of the molecule is O=C(Nc1nnc2ccc(Cl)nn12)C(F)(F)c1cc(Cl)ccc1Cl. The number of carbonyl (C=O) groups is 1. The monoisotopic (exact) mass is 391 g/mol. The van der Waals surface area contributed by atoms with Crippen LogP contribution in [0.5, 0.6) is 0 Å². The summed E-state index contributed by atoms with van der Waals surface area (Å²) in [4.78, 5) is 12.0. The Bertz CT molecular complexity index is 947. The quantitative estimate of drug-likeness (QED) is 0.735. The average molecular weight is 393 g/mol. The van der Waals surface area contributed by atoms with Crippen molar-refractivity contribution in [3.05, 3.63) is 51.1 Å². The summed E-state index contributed by atoms with van der Waals surface area (Å²) in [6, 6.07) is 6.33. The molecule has 0 aliphatic heterocycles. The number of aromatic nitrogens is 4. The van der Waals surface area contributed by atoms with Crippen LogP contribution in [0.4, 0.5) is 14.7 Å². The summed E-state index contributed by atoms with van der Waals surface area (Å²) in [5.74, 6) is -5.93. The molecule has 0 saturated carbocycles. The molecule has 0 aliphatic carbocycles. The number of benzene rings is 1. The van der Waals surface area contributed by atoms with Gasteiger partial charge in [0.25, 0.3) is 5.95 Å². The van der Waals surface area contributed by atoms with Crippen LogP contribution in [0, 0.1) is 0 Å². The number of nitrogens with zero attached hydrogens (tertiary/aromatic N) is 4. The number of nitrogens with one attached hydrogen (secondary N) is 1. The fraction of sp³-hybridized carbons (Fsp3) is 0.0769. The van der Waals surface area contributed by atoms with Crippen molar-refractivity contribution >= 4 is 52.3 Å². The number of hydrogen-bond acceptors (Lipinski definition) is 4. The molecular weight excluding hydrogens is 387 g/mol. The molecule has 6 nitrogen and oxygen atoms in total. The first kappa shape index (κ1) is 16.8. The van der Waals surface area contributed by atoms with Crippen LogP contribution in [0.2, 0.25) is 15.2 Å². The van der Waals surface area contributed by atoms with Gasteiger partial charge in [0.15, 0.2) is 5.65 Å². The molecule has 1 amide bonds. The van der Waals surface area contributed by atoms with E-state index in [4.69, 9.17) is 34.8 Å². The van der Waals surface area contributed by atoms with Gasteiger partial charge in [-0.1, -0.05) is 34.8 Å². The van der Waals surface area contributed by atoms with Crippen LogP contribution in [0.15, 0.2) is 30.3 Å². The number of rotatable bonds is 3. The molecule has 0 unspecified atom stereocenters. The van der Waals surface area contributed by atoms with Gasteiger partial charge in [-0.25, -0.2) is 0 Å². The summed E-state index contributed by atoms with van der Waals surface area (Å²) in [5.41, 5.74) is -0.507. The largest absolute Gasteiger partial charge is 0.351 e. The number of halogens is 5. The lowest BCUT2D eigenvalue weighted by Crippen LogP contribution is -2.33. The molecule has 3 rings (SSSR count). The van der Waals surface area contributed by atoms with Crippen LogP contribution in [0.1, 0.15) is 5.56 Å². The molecule has 11 heteroatoms. The van der Waals surface area contributed by atoms with E-state index in [2.05, 4.69) is 15.3 Å². The van der Waals surface area contributed by atoms with E-state index in [0.29, 0.717) is 0 Å². The Morgan fingerprint density at radius 1 is 1.12 bits per heavy atom. The van der Waals surface area contributed by atoms with Crippen molar-refractivity contribution in [2.24, 2.45) is 0 Å². The predicted molar refractivity (Wildman–Crippen MR) is 84.8 cm³/mol. The summed E-state index contributed by atoms with van der Waals surface area (Å²) < 4.78 is 29.8. The van der Waals surface area contributed by atoms with Gasteiger partial charge < -0.3 is 0 Å². The van der Waals surface area contributed by atoms with Gasteiger partial charge in [-0.3, -0.25) is 10.1 Å². The molecule has 3 aromatic rings. The van der Waals surface area contributed by atoms with Gasteiger partial charge in [0.2, 0.25) is 0 Å². The zero-order valence-electron chi connectivity index (χ0n) is 11.5. The lowest BCUT2D eigenvalue weighted by atomic mass is 10.1. The number of fused-ring (bicyclic) bond motifs is 1. The molecule has 0 spiro atoms. The standard InChI is InChI=1S/C13H6Cl3F2N5O/c14-6-1-2-8(15)7(5-6)13(17,18)11(24)19-12-21-20-10-4-3-9(16)22-23(10)12/h1-5H,(H,19,21,24). The zero-order chi connectivity index (χ0) is 17.5. The lowest BCUT2D eigenvalue weighted by molar-refractivity contribution is -0.141. The van der Waals surface area contributed by atoms with Crippen LogP contribution in [0.25, 0.3) is 5.65 Å². The molecule has 124 valence electrons. The van der Waals surface area contributed by atoms with E-state index in [1.54, 1.807) is 0 Å². The van der Waals surface area contributed by atoms with Crippen molar-refractivity contribution < 1.29 is 13.6 Å². The van der Waals surface area contributed by atoms with Gasteiger partial charge in [0.1, 0.15) is 5.15 Å². The van der Waals surface area contributed by atoms with Crippen molar-refractivity contribution in [3.8, 4) is 0 Å². The number of alkyl halides is 2. The van der Waals surface area contributed by atoms with Crippen molar-refractivity contribution in [3.63, 3.8) is 0 Å². The number of hydrogen-bond donors (Lipinski definition) is 1. The van der Waals surface area contributed by atoms with Crippen LogP contribution >= 0.6 is 34.8 Å². The molecule has 24 heavy (non-hydrogen) atoms. The summed E-state index contributed by atoms with van der Waals surface area (Å²) in [6.07, 6.45) is 0. The third-order valence-electron chi connectivity index (χ3n) is 3.01. The van der Waals surface area contributed by atoms with Gasteiger partial charge in [0, 0.05) is 5.02 Å². The third-order valence-corrected chi connectivity index (χ3v) is 3.77. The Morgan fingerprint density at radius 3 is 2.62 bits per heavy atom.